The molecule has 1 fully saturated rings. The van der Waals surface area contributed by atoms with Gasteiger partial charge >= 0.3 is 5.97 Å². The van der Waals surface area contributed by atoms with Gasteiger partial charge in [0, 0.05) is 44.9 Å². The molecular weight excluding hydrogens is 328 g/mol. The van der Waals surface area contributed by atoms with Crippen LogP contribution in [0.5, 0.6) is 5.75 Å². The van der Waals surface area contributed by atoms with Crippen molar-refractivity contribution < 1.29 is 29.0 Å². The van der Waals surface area contributed by atoms with Crippen molar-refractivity contribution in [2.75, 3.05) is 31.8 Å². The van der Waals surface area contributed by atoms with E-state index in [0.29, 0.717) is 18.7 Å². The second-order valence-corrected chi connectivity index (χ2v) is 5.67. The van der Waals surface area contributed by atoms with E-state index in [9.17, 15) is 14.4 Å². The molecule has 1 atom stereocenters. The number of benzene rings is 1. The Bertz CT molecular complexity index is 633. The predicted octanol–water partition coefficient (Wildman–Crippen LogP) is 0.798. The summed E-state index contributed by atoms with van der Waals surface area (Å²) in [4.78, 5) is 36.4. The van der Waals surface area contributed by atoms with Crippen LogP contribution in [0.25, 0.3) is 0 Å². The van der Waals surface area contributed by atoms with Crippen LogP contribution in [0.4, 0.5) is 5.69 Å². The molecule has 0 radical (unpaired) electrons. The number of ether oxygens (including phenoxy) is 2. The molecular formula is C17H22N2O6. The lowest BCUT2D eigenvalue weighted by Gasteiger charge is -2.17. The van der Waals surface area contributed by atoms with E-state index in [0.717, 1.165) is 12.1 Å². The largest absolute Gasteiger partial charge is 0.484 e. The molecule has 0 aromatic heterocycles. The molecule has 1 aliphatic heterocycles. The highest BCUT2D eigenvalue weighted by Gasteiger charge is 2.22. The summed E-state index contributed by atoms with van der Waals surface area (Å²) in [7, 11) is 1.46. The molecule has 25 heavy (non-hydrogen) atoms. The summed E-state index contributed by atoms with van der Waals surface area (Å²) in [5, 5.41) is 11.5. The van der Waals surface area contributed by atoms with Crippen LogP contribution in [0.1, 0.15) is 19.3 Å². The molecule has 2 N–H and O–H groups in total. The first kappa shape index (κ1) is 18.7. The van der Waals surface area contributed by atoms with Crippen molar-refractivity contribution in [3.63, 3.8) is 0 Å². The van der Waals surface area contributed by atoms with Gasteiger partial charge in [0.1, 0.15) is 11.8 Å². The number of rotatable bonds is 9. The van der Waals surface area contributed by atoms with E-state index in [2.05, 4.69) is 5.32 Å². The Morgan fingerprint density at radius 2 is 2.20 bits per heavy atom. The highest BCUT2D eigenvalue weighted by molar-refractivity contribution is 5.95. The first-order valence-corrected chi connectivity index (χ1v) is 8.05. The summed E-state index contributed by atoms with van der Waals surface area (Å²) in [5.41, 5.74) is 0.726. The number of amides is 2. The van der Waals surface area contributed by atoms with Crippen molar-refractivity contribution in [3.8, 4) is 5.75 Å². The minimum atomic E-state index is -1.13. The molecule has 0 spiro atoms. The first-order chi connectivity index (χ1) is 12.0. The molecule has 1 unspecified atom stereocenters. The number of carbonyl (C=O) groups is 3. The summed E-state index contributed by atoms with van der Waals surface area (Å²) < 4.78 is 10.2. The van der Waals surface area contributed by atoms with Crippen molar-refractivity contribution >= 4 is 23.5 Å². The minimum absolute atomic E-state index is 0.0670. The van der Waals surface area contributed by atoms with E-state index < -0.39 is 17.9 Å². The average Bonchev–Trinajstić information content (AvgIpc) is 3.03. The summed E-state index contributed by atoms with van der Waals surface area (Å²) in [6.45, 7) is 0.584. The Morgan fingerprint density at radius 1 is 1.40 bits per heavy atom. The van der Waals surface area contributed by atoms with Crippen LogP contribution in [-0.4, -0.2) is 55.8 Å². The molecule has 1 aliphatic rings. The zero-order valence-corrected chi connectivity index (χ0v) is 14.1. The van der Waals surface area contributed by atoms with Gasteiger partial charge in [0.25, 0.3) is 5.91 Å². The fraction of sp³-hybridized carbons (Fsp3) is 0.471. The number of carbonyl (C=O) groups excluding carboxylic acids is 2. The van der Waals surface area contributed by atoms with E-state index in [4.69, 9.17) is 14.6 Å². The third-order valence-corrected chi connectivity index (χ3v) is 3.82. The normalized spacial score (nSPS) is 15.1. The van der Waals surface area contributed by atoms with Gasteiger partial charge in [0.2, 0.25) is 5.91 Å². The average molecular weight is 350 g/mol. The number of carboxylic acid groups (broad SMARTS) is 1. The molecule has 8 nitrogen and oxygen atoms in total. The van der Waals surface area contributed by atoms with Crippen molar-refractivity contribution in [3.05, 3.63) is 24.3 Å². The van der Waals surface area contributed by atoms with E-state index >= 15 is 0 Å². The van der Waals surface area contributed by atoms with E-state index in [1.54, 1.807) is 29.2 Å². The van der Waals surface area contributed by atoms with E-state index in [1.165, 1.54) is 7.11 Å². The number of hydrogen-bond donors (Lipinski definition) is 2. The van der Waals surface area contributed by atoms with Gasteiger partial charge in [-0.3, -0.25) is 9.59 Å². The summed E-state index contributed by atoms with van der Waals surface area (Å²) in [6.07, 6.45) is 1.53. The molecule has 1 heterocycles. The molecule has 0 saturated carbocycles. The molecule has 1 aromatic carbocycles. The predicted molar refractivity (Wildman–Crippen MR) is 89.6 cm³/mol. The van der Waals surface area contributed by atoms with Gasteiger partial charge in [-0.05, 0) is 18.6 Å². The Kier molecular flexibility index (Phi) is 6.76. The lowest BCUT2D eigenvalue weighted by atomic mass is 10.2. The Labute approximate surface area is 145 Å². The van der Waals surface area contributed by atoms with Gasteiger partial charge in [0.05, 0.1) is 0 Å². The number of anilines is 1. The Hall–Kier alpha value is -2.61. The zero-order valence-electron chi connectivity index (χ0n) is 14.1. The van der Waals surface area contributed by atoms with Crippen LogP contribution in [0.3, 0.4) is 0 Å². The van der Waals surface area contributed by atoms with Crippen LogP contribution >= 0.6 is 0 Å². The van der Waals surface area contributed by atoms with Crippen molar-refractivity contribution in [1.29, 1.82) is 0 Å². The lowest BCUT2D eigenvalue weighted by molar-refractivity contribution is -0.142. The molecule has 0 bridgehead atoms. The van der Waals surface area contributed by atoms with Crippen molar-refractivity contribution in [1.82, 2.24) is 5.32 Å². The van der Waals surface area contributed by atoms with Crippen LogP contribution in [-0.2, 0) is 19.1 Å². The van der Waals surface area contributed by atoms with Gasteiger partial charge in [0.15, 0.2) is 6.61 Å². The molecule has 136 valence electrons. The van der Waals surface area contributed by atoms with Crippen LogP contribution in [0.15, 0.2) is 24.3 Å². The summed E-state index contributed by atoms with van der Waals surface area (Å²) >= 11 is 0. The number of nitrogens with one attached hydrogen (secondary N) is 1. The first-order valence-electron chi connectivity index (χ1n) is 8.05. The minimum Gasteiger partial charge on any atom is -0.484 e. The topological polar surface area (TPSA) is 105 Å². The van der Waals surface area contributed by atoms with E-state index in [1.807, 2.05) is 0 Å². The molecule has 2 rings (SSSR count). The maximum atomic E-state index is 11.9. The van der Waals surface area contributed by atoms with Gasteiger partial charge in [-0.2, -0.15) is 0 Å². The number of methoxy groups -OCH3 is 1. The maximum Gasteiger partial charge on any atom is 0.326 e. The molecule has 8 heteroatoms. The Balaban J connectivity index is 1.88. The third kappa shape index (κ3) is 5.46. The van der Waals surface area contributed by atoms with Crippen LogP contribution in [0, 0.1) is 0 Å². The second-order valence-electron chi connectivity index (χ2n) is 5.67. The number of carboxylic acids is 1. The monoisotopic (exact) mass is 350 g/mol. The molecule has 1 aromatic rings. The van der Waals surface area contributed by atoms with Crippen molar-refractivity contribution in [2.24, 2.45) is 0 Å². The summed E-state index contributed by atoms with van der Waals surface area (Å²) in [5.74, 6) is -1.15. The lowest BCUT2D eigenvalue weighted by Crippen LogP contribution is -2.43. The quantitative estimate of drug-likeness (QED) is 0.682. The third-order valence-electron chi connectivity index (χ3n) is 3.82. The van der Waals surface area contributed by atoms with Gasteiger partial charge < -0.3 is 24.8 Å². The standard InChI is InChI=1S/C17H22N2O6/c1-24-9-7-14(17(22)23)18-15(20)11-25-13-5-2-4-12(10-13)19-8-3-6-16(19)21/h2,4-5,10,14H,3,6-9,11H2,1H3,(H,18,20)(H,22,23). The fourth-order valence-electron chi connectivity index (χ4n) is 2.54. The fourth-order valence-corrected chi connectivity index (χ4v) is 2.54. The van der Waals surface area contributed by atoms with Crippen LogP contribution < -0.4 is 15.0 Å². The van der Waals surface area contributed by atoms with Crippen molar-refractivity contribution in [2.45, 2.75) is 25.3 Å². The smallest absolute Gasteiger partial charge is 0.326 e. The molecule has 2 amide bonds. The molecule has 1 saturated heterocycles. The Morgan fingerprint density at radius 3 is 2.84 bits per heavy atom. The highest BCUT2D eigenvalue weighted by atomic mass is 16.5. The summed E-state index contributed by atoms with van der Waals surface area (Å²) in [6, 6.07) is 5.89. The zero-order chi connectivity index (χ0) is 18.2. The number of nitrogens with zero attached hydrogens (tertiary/aromatic N) is 1. The number of hydrogen-bond acceptors (Lipinski definition) is 5. The van der Waals surface area contributed by atoms with Crippen LogP contribution in [0.2, 0.25) is 0 Å². The van der Waals surface area contributed by atoms with Gasteiger partial charge in [-0.1, -0.05) is 6.07 Å². The van der Waals surface area contributed by atoms with Gasteiger partial charge in [-0.15, -0.1) is 0 Å². The van der Waals surface area contributed by atoms with E-state index in [-0.39, 0.29) is 25.5 Å². The van der Waals surface area contributed by atoms with Gasteiger partial charge in [-0.25, -0.2) is 4.79 Å². The second kappa shape index (κ2) is 9.03. The maximum absolute atomic E-state index is 11.9. The number of aliphatic carboxylic acids is 1. The SMILES string of the molecule is COCCC(NC(=O)COc1cccc(N2CCCC2=O)c1)C(=O)O. The molecule has 0 aliphatic carbocycles. The highest BCUT2D eigenvalue weighted by Crippen LogP contribution is 2.25.